The Kier molecular flexibility index (Phi) is 6.23. The highest BCUT2D eigenvalue weighted by molar-refractivity contribution is 6.30. The lowest BCUT2D eigenvalue weighted by molar-refractivity contribution is -0.168. The Morgan fingerprint density at radius 3 is 2.42 bits per heavy atom. The van der Waals surface area contributed by atoms with Gasteiger partial charge < -0.3 is 14.6 Å². The number of aliphatic hydroxyl groups is 1. The standard InChI is InChI=1S/C20H17ClF3N3O4/c1-12-3-8-15(19(29,18(28)30-2)9-27-11-25-10-26-27)16(20(22,23)24)17(12)31-14-6-4-13(21)5-7-14/h3-8,10-11,29H,9H2,1-2H3. The number of esters is 1. The number of aryl methyl sites for hydroxylation is 1. The molecule has 1 atom stereocenters. The molecule has 0 saturated heterocycles. The number of aromatic nitrogens is 3. The van der Waals surface area contributed by atoms with Crippen molar-refractivity contribution in [2.45, 2.75) is 25.2 Å². The molecule has 0 aliphatic heterocycles. The van der Waals surface area contributed by atoms with Crippen LogP contribution >= 0.6 is 11.6 Å². The van der Waals surface area contributed by atoms with E-state index in [1.54, 1.807) is 0 Å². The second-order valence-corrected chi connectivity index (χ2v) is 7.07. The van der Waals surface area contributed by atoms with Crippen molar-refractivity contribution in [3.05, 3.63) is 70.8 Å². The minimum Gasteiger partial charge on any atom is -0.467 e. The van der Waals surface area contributed by atoms with Crippen LogP contribution in [0, 0.1) is 6.92 Å². The molecule has 0 amide bonds. The Morgan fingerprint density at radius 1 is 1.19 bits per heavy atom. The van der Waals surface area contributed by atoms with Gasteiger partial charge in [-0.1, -0.05) is 23.7 Å². The minimum atomic E-state index is -4.98. The number of ether oxygens (including phenoxy) is 2. The van der Waals surface area contributed by atoms with Crippen LogP contribution in [-0.2, 0) is 27.9 Å². The summed E-state index contributed by atoms with van der Waals surface area (Å²) in [7, 11) is 0.960. The molecule has 1 N–H and O–H groups in total. The Morgan fingerprint density at radius 2 is 1.87 bits per heavy atom. The number of carbonyl (C=O) groups is 1. The van der Waals surface area contributed by atoms with Gasteiger partial charge >= 0.3 is 12.1 Å². The molecule has 2 aromatic carbocycles. The Bertz CT molecular complexity index is 1070. The summed E-state index contributed by atoms with van der Waals surface area (Å²) in [4.78, 5) is 16.2. The van der Waals surface area contributed by atoms with Crippen LogP contribution in [0.3, 0.4) is 0 Å². The summed E-state index contributed by atoms with van der Waals surface area (Å²) >= 11 is 5.82. The van der Waals surface area contributed by atoms with Gasteiger partial charge in [0.25, 0.3) is 0 Å². The summed E-state index contributed by atoms with van der Waals surface area (Å²) in [6.45, 7) is 0.755. The van der Waals surface area contributed by atoms with E-state index in [1.165, 1.54) is 37.3 Å². The number of halogens is 4. The minimum absolute atomic E-state index is 0.0908. The van der Waals surface area contributed by atoms with Gasteiger partial charge in [-0.05, 0) is 36.8 Å². The molecule has 0 aliphatic rings. The third-order valence-corrected chi connectivity index (χ3v) is 4.75. The second-order valence-electron chi connectivity index (χ2n) is 6.63. The molecule has 0 fully saturated rings. The molecule has 1 unspecified atom stereocenters. The number of nitrogens with zero attached hydrogens (tertiary/aromatic N) is 3. The predicted octanol–water partition coefficient (Wildman–Crippen LogP) is 4.11. The van der Waals surface area contributed by atoms with Crippen LogP contribution in [0.25, 0.3) is 0 Å². The van der Waals surface area contributed by atoms with E-state index in [2.05, 4.69) is 14.8 Å². The number of carbonyl (C=O) groups excluding carboxylic acids is 1. The maximum Gasteiger partial charge on any atom is 0.420 e. The fourth-order valence-electron chi connectivity index (χ4n) is 3.04. The van der Waals surface area contributed by atoms with Gasteiger partial charge in [0, 0.05) is 10.6 Å². The van der Waals surface area contributed by atoms with Gasteiger partial charge in [0.1, 0.15) is 29.7 Å². The number of methoxy groups -OCH3 is 1. The van der Waals surface area contributed by atoms with Crippen molar-refractivity contribution in [2.75, 3.05) is 7.11 Å². The third kappa shape index (κ3) is 4.64. The third-order valence-electron chi connectivity index (χ3n) is 4.50. The normalized spacial score (nSPS) is 13.5. The molecule has 0 spiro atoms. The lowest BCUT2D eigenvalue weighted by Crippen LogP contribution is -2.42. The molecule has 1 heterocycles. The predicted molar refractivity (Wildman–Crippen MR) is 104 cm³/mol. The van der Waals surface area contributed by atoms with E-state index in [-0.39, 0.29) is 11.3 Å². The van der Waals surface area contributed by atoms with Crippen molar-refractivity contribution in [1.82, 2.24) is 14.8 Å². The van der Waals surface area contributed by atoms with Crippen LogP contribution in [0.5, 0.6) is 11.5 Å². The van der Waals surface area contributed by atoms with Crippen LogP contribution in [0.2, 0.25) is 5.02 Å². The van der Waals surface area contributed by atoms with E-state index in [0.29, 0.717) is 5.02 Å². The quantitative estimate of drug-likeness (QED) is 0.563. The Balaban J connectivity index is 2.22. The van der Waals surface area contributed by atoms with Gasteiger partial charge in [0.15, 0.2) is 0 Å². The van der Waals surface area contributed by atoms with Crippen molar-refractivity contribution >= 4 is 17.6 Å². The van der Waals surface area contributed by atoms with Crippen molar-refractivity contribution in [3.8, 4) is 11.5 Å². The van der Waals surface area contributed by atoms with Gasteiger partial charge in [-0.15, -0.1) is 0 Å². The second kappa shape index (κ2) is 8.56. The SMILES string of the molecule is COC(=O)C(O)(Cn1cncn1)c1ccc(C)c(Oc2ccc(Cl)cc2)c1C(F)(F)F. The number of benzene rings is 2. The summed E-state index contributed by atoms with van der Waals surface area (Å²) in [6.07, 6.45) is -2.71. The molecule has 11 heteroatoms. The van der Waals surface area contributed by atoms with Crippen molar-refractivity contribution in [1.29, 1.82) is 0 Å². The molecular weight excluding hydrogens is 439 g/mol. The van der Waals surface area contributed by atoms with Gasteiger partial charge in [0.05, 0.1) is 13.7 Å². The molecule has 0 radical (unpaired) electrons. The van der Waals surface area contributed by atoms with E-state index in [0.717, 1.165) is 30.5 Å². The monoisotopic (exact) mass is 455 g/mol. The van der Waals surface area contributed by atoms with Gasteiger partial charge in [-0.3, -0.25) is 0 Å². The molecule has 0 aliphatic carbocycles. The zero-order valence-corrected chi connectivity index (χ0v) is 17.1. The molecule has 31 heavy (non-hydrogen) atoms. The molecule has 3 aromatic rings. The van der Waals surface area contributed by atoms with E-state index in [4.69, 9.17) is 16.3 Å². The fourth-order valence-corrected chi connectivity index (χ4v) is 3.17. The summed E-state index contributed by atoms with van der Waals surface area (Å²) in [6, 6.07) is 8.04. The average Bonchev–Trinajstić information content (AvgIpc) is 3.22. The number of alkyl halides is 3. The highest BCUT2D eigenvalue weighted by Gasteiger charge is 2.49. The van der Waals surface area contributed by atoms with Crippen LogP contribution < -0.4 is 4.74 Å². The van der Waals surface area contributed by atoms with E-state index < -0.39 is 41.2 Å². The molecule has 0 bridgehead atoms. The maximum atomic E-state index is 14.2. The maximum absolute atomic E-state index is 14.2. The summed E-state index contributed by atoms with van der Waals surface area (Å²) in [5.74, 6) is -1.77. The first kappa shape index (κ1) is 22.6. The van der Waals surface area contributed by atoms with E-state index in [9.17, 15) is 23.1 Å². The molecule has 1 aromatic heterocycles. The van der Waals surface area contributed by atoms with Crippen molar-refractivity contribution in [2.24, 2.45) is 0 Å². The summed E-state index contributed by atoms with van der Waals surface area (Å²) in [5, 5.41) is 15.3. The van der Waals surface area contributed by atoms with Crippen LogP contribution in [-0.4, -0.2) is 33.0 Å². The fraction of sp³-hybridized carbons (Fsp3) is 0.250. The summed E-state index contributed by atoms with van der Waals surface area (Å²) in [5.41, 5.74) is -4.63. The van der Waals surface area contributed by atoms with E-state index >= 15 is 0 Å². The molecule has 164 valence electrons. The zero-order valence-electron chi connectivity index (χ0n) is 16.4. The first-order chi connectivity index (χ1) is 14.6. The van der Waals surface area contributed by atoms with Gasteiger partial charge in [-0.2, -0.15) is 18.3 Å². The largest absolute Gasteiger partial charge is 0.467 e. The number of hydrogen-bond acceptors (Lipinski definition) is 6. The zero-order chi connectivity index (χ0) is 22.8. The van der Waals surface area contributed by atoms with Crippen LogP contribution in [0.15, 0.2) is 49.1 Å². The number of rotatable bonds is 6. The molecule has 0 saturated carbocycles. The van der Waals surface area contributed by atoms with Gasteiger partial charge in [0.2, 0.25) is 5.60 Å². The summed E-state index contributed by atoms with van der Waals surface area (Å²) < 4.78 is 53.9. The highest BCUT2D eigenvalue weighted by atomic mass is 35.5. The lowest BCUT2D eigenvalue weighted by Gasteiger charge is -2.30. The molecule has 7 nitrogen and oxygen atoms in total. The smallest absolute Gasteiger partial charge is 0.420 e. The average molecular weight is 456 g/mol. The molecule has 3 rings (SSSR count). The topological polar surface area (TPSA) is 86.5 Å². The first-order valence-corrected chi connectivity index (χ1v) is 9.22. The number of hydrogen-bond donors (Lipinski definition) is 1. The lowest BCUT2D eigenvalue weighted by atomic mass is 9.87. The van der Waals surface area contributed by atoms with Crippen LogP contribution in [0.4, 0.5) is 13.2 Å². The Hall–Kier alpha value is -3.11. The molecular formula is C20H17ClF3N3O4. The van der Waals surface area contributed by atoms with Gasteiger partial charge in [-0.25, -0.2) is 14.5 Å². The van der Waals surface area contributed by atoms with Crippen LogP contribution in [0.1, 0.15) is 16.7 Å². The Labute approximate surface area is 180 Å². The van der Waals surface area contributed by atoms with Crippen molar-refractivity contribution in [3.63, 3.8) is 0 Å². The van der Waals surface area contributed by atoms with Crippen molar-refractivity contribution < 1.29 is 32.5 Å². The first-order valence-electron chi connectivity index (χ1n) is 8.84. The van der Waals surface area contributed by atoms with E-state index in [1.807, 2.05) is 0 Å². The highest BCUT2D eigenvalue weighted by Crippen LogP contribution is 2.46.